The lowest BCUT2D eigenvalue weighted by Gasteiger charge is -2.46. The Morgan fingerprint density at radius 3 is 2.74 bits per heavy atom. The predicted octanol–water partition coefficient (Wildman–Crippen LogP) is 1.89. The fourth-order valence-electron chi connectivity index (χ4n) is 3.01. The number of aliphatic hydroxyl groups is 1. The van der Waals surface area contributed by atoms with E-state index in [4.69, 9.17) is 4.74 Å². The molecule has 0 atom stereocenters. The number of nitrogens with zero attached hydrogens (tertiary/aromatic N) is 2. The molecule has 0 bridgehead atoms. The lowest BCUT2D eigenvalue weighted by molar-refractivity contribution is -0.117. The number of carbonyl (C=O) groups excluding carboxylic acids is 1. The molecule has 1 aliphatic heterocycles. The van der Waals surface area contributed by atoms with Crippen molar-refractivity contribution in [2.45, 2.75) is 12.5 Å². The second kappa shape index (κ2) is 6.10. The topological polar surface area (TPSA) is 62.7 Å². The van der Waals surface area contributed by atoms with Crippen LogP contribution in [0.3, 0.4) is 0 Å². The Kier molecular flexibility index (Phi) is 4.15. The largest absolute Gasteiger partial charge is 0.384 e. The van der Waals surface area contributed by atoms with Gasteiger partial charge in [0.1, 0.15) is 5.60 Å². The van der Waals surface area contributed by atoms with Gasteiger partial charge in [0.15, 0.2) is 0 Å². The van der Waals surface area contributed by atoms with Crippen LogP contribution < -0.4 is 0 Å². The molecule has 1 aromatic heterocycles. The zero-order valence-electron chi connectivity index (χ0n) is 13.3. The first-order valence-corrected chi connectivity index (χ1v) is 7.56. The van der Waals surface area contributed by atoms with Gasteiger partial charge in [-0.2, -0.15) is 0 Å². The average molecular weight is 312 g/mol. The van der Waals surface area contributed by atoms with E-state index < -0.39 is 5.60 Å². The molecule has 1 aliphatic rings. The summed E-state index contributed by atoms with van der Waals surface area (Å²) in [6.45, 7) is 2.77. The van der Waals surface area contributed by atoms with Crippen LogP contribution in [-0.2, 0) is 4.74 Å². The molecule has 5 heteroatoms. The van der Waals surface area contributed by atoms with Crippen molar-refractivity contribution in [2.75, 3.05) is 26.8 Å². The summed E-state index contributed by atoms with van der Waals surface area (Å²) in [7, 11) is 1.54. The summed E-state index contributed by atoms with van der Waals surface area (Å²) in [6.07, 6.45) is 1.74. The first-order chi connectivity index (χ1) is 11.0. The predicted molar refractivity (Wildman–Crippen MR) is 87.1 cm³/mol. The Bertz CT molecular complexity index is 709. The molecule has 0 radical (unpaired) electrons. The van der Waals surface area contributed by atoms with Crippen LogP contribution in [0.4, 0.5) is 0 Å². The van der Waals surface area contributed by atoms with Gasteiger partial charge in [-0.3, -0.25) is 9.78 Å². The number of methoxy groups -OCH3 is 1. The Hall–Kier alpha value is -2.24. The zero-order chi connectivity index (χ0) is 16.4. The van der Waals surface area contributed by atoms with Crippen molar-refractivity contribution in [3.8, 4) is 11.3 Å². The van der Waals surface area contributed by atoms with Gasteiger partial charge in [0, 0.05) is 24.4 Å². The molecule has 1 aromatic carbocycles. The Labute approximate surface area is 135 Å². The number of benzene rings is 1. The number of ether oxygens (including phenoxy) is 1. The highest BCUT2D eigenvalue weighted by molar-refractivity contribution is 5.98. The summed E-state index contributed by atoms with van der Waals surface area (Å²) in [4.78, 5) is 18.7. The highest BCUT2D eigenvalue weighted by atomic mass is 16.5. The van der Waals surface area contributed by atoms with Crippen molar-refractivity contribution < 1.29 is 14.6 Å². The van der Waals surface area contributed by atoms with E-state index in [0.29, 0.717) is 18.7 Å². The van der Waals surface area contributed by atoms with Gasteiger partial charge in [-0.25, -0.2) is 0 Å². The third-order valence-corrected chi connectivity index (χ3v) is 4.18. The molecular formula is C18H20N2O3. The number of hydrogen-bond donors (Lipinski definition) is 1. The summed E-state index contributed by atoms with van der Waals surface area (Å²) in [5.41, 5.74) is 2.42. The van der Waals surface area contributed by atoms with E-state index in [-0.39, 0.29) is 12.5 Å². The smallest absolute Gasteiger partial charge is 0.254 e. The zero-order valence-corrected chi connectivity index (χ0v) is 13.3. The van der Waals surface area contributed by atoms with Gasteiger partial charge in [-0.15, -0.1) is 0 Å². The third kappa shape index (κ3) is 2.98. The molecule has 1 fully saturated rings. The van der Waals surface area contributed by atoms with Crippen molar-refractivity contribution in [1.29, 1.82) is 0 Å². The third-order valence-electron chi connectivity index (χ3n) is 4.18. The van der Waals surface area contributed by atoms with Gasteiger partial charge < -0.3 is 14.7 Å². The molecule has 5 nitrogen and oxygen atoms in total. The molecule has 3 rings (SSSR count). The average Bonchev–Trinajstić information content (AvgIpc) is 2.53. The minimum atomic E-state index is -0.920. The van der Waals surface area contributed by atoms with Gasteiger partial charge in [0.2, 0.25) is 0 Å². The lowest BCUT2D eigenvalue weighted by atomic mass is 9.92. The lowest BCUT2D eigenvalue weighted by Crippen LogP contribution is -2.65. The van der Waals surface area contributed by atoms with E-state index in [1.54, 1.807) is 18.2 Å². The minimum absolute atomic E-state index is 0.0685. The number of β-amino-alcohol motifs (C(OH)–C–C–N with tert-alkyl or cyclic N) is 1. The maximum atomic E-state index is 12.7. The van der Waals surface area contributed by atoms with E-state index in [1.807, 2.05) is 43.3 Å². The van der Waals surface area contributed by atoms with Crippen LogP contribution in [0.25, 0.3) is 11.3 Å². The van der Waals surface area contributed by atoms with Gasteiger partial charge in [0.05, 0.1) is 25.4 Å². The molecule has 1 saturated heterocycles. The molecule has 1 amide bonds. The maximum Gasteiger partial charge on any atom is 0.254 e. The molecule has 23 heavy (non-hydrogen) atoms. The van der Waals surface area contributed by atoms with Crippen LogP contribution in [0.2, 0.25) is 0 Å². The van der Waals surface area contributed by atoms with Crippen molar-refractivity contribution in [2.24, 2.45) is 0 Å². The van der Waals surface area contributed by atoms with Crippen molar-refractivity contribution >= 4 is 5.91 Å². The molecule has 2 aromatic rings. The number of pyridine rings is 1. The van der Waals surface area contributed by atoms with Crippen LogP contribution in [0.15, 0.2) is 42.6 Å². The number of likely N-dealkylation sites (tertiary alicyclic amines) is 1. The number of carbonyl (C=O) groups is 1. The van der Waals surface area contributed by atoms with Gasteiger partial charge in [-0.1, -0.05) is 18.2 Å². The van der Waals surface area contributed by atoms with Crippen LogP contribution >= 0.6 is 0 Å². The first kappa shape index (κ1) is 15.6. The molecular weight excluding hydrogens is 292 g/mol. The van der Waals surface area contributed by atoms with Crippen LogP contribution in [0.1, 0.15) is 15.9 Å². The maximum absolute atomic E-state index is 12.7. The SMILES string of the molecule is COCC1(O)CN(C(=O)c2cccc(-c3ccccn3)c2C)C1. The van der Waals surface area contributed by atoms with Crippen LogP contribution in [0, 0.1) is 6.92 Å². The summed E-state index contributed by atoms with van der Waals surface area (Å²) in [6, 6.07) is 11.4. The number of amides is 1. The van der Waals surface area contributed by atoms with Crippen LogP contribution in [0.5, 0.6) is 0 Å². The normalized spacial score (nSPS) is 16.0. The highest BCUT2D eigenvalue weighted by Gasteiger charge is 2.44. The van der Waals surface area contributed by atoms with Crippen molar-refractivity contribution in [3.63, 3.8) is 0 Å². The van der Waals surface area contributed by atoms with Crippen LogP contribution in [-0.4, -0.2) is 53.3 Å². The summed E-state index contributed by atoms with van der Waals surface area (Å²) < 4.78 is 4.99. The first-order valence-electron chi connectivity index (χ1n) is 7.56. The van der Waals surface area contributed by atoms with E-state index in [9.17, 15) is 9.90 Å². The number of aromatic nitrogens is 1. The fraction of sp³-hybridized carbons (Fsp3) is 0.333. The van der Waals surface area contributed by atoms with Gasteiger partial charge in [0.25, 0.3) is 5.91 Å². The fourth-order valence-corrected chi connectivity index (χ4v) is 3.01. The van der Waals surface area contributed by atoms with E-state index >= 15 is 0 Å². The Balaban J connectivity index is 1.83. The van der Waals surface area contributed by atoms with Gasteiger partial charge in [-0.05, 0) is 30.7 Å². The Morgan fingerprint density at radius 2 is 2.09 bits per heavy atom. The van der Waals surface area contributed by atoms with E-state index in [1.165, 1.54) is 0 Å². The van der Waals surface area contributed by atoms with Gasteiger partial charge >= 0.3 is 0 Å². The molecule has 120 valence electrons. The van der Waals surface area contributed by atoms with E-state index in [0.717, 1.165) is 16.8 Å². The monoisotopic (exact) mass is 312 g/mol. The van der Waals surface area contributed by atoms with Crippen molar-refractivity contribution in [1.82, 2.24) is 9.88 Å². The molecule has 0 spiro atoms. The molecule has 2 heterocycles. The summed E-state index contributed by atoms with van der Waals surface area (Å²) in [5.74, 6) is -0.0685. The molecule has 0 aliphatic carbocycles. The second-order valence-corrected chi connectivity index (χ2v) is 6.01. The highest BCUT2D eigenvalue weighted by Crippen LogP contribution is 2.28. The van der Waals surface area contributed by atoms with Crippen molar-refractivity contribution in [3.05, 3.63) is 53.7 Å². The molecule has 0 unspecified atom stereocenters. The second-order valence-electron chi connectivity index (χ2n) is 6.01. The number of rotatable bonds is 4. The Morgan fingerprint density at radius 1 is 1.30 bits per heavy atom. The quantitative estimate of drug-likeness (QED) is 0.936. The molecule has 0 saturated carbocycles. The minimum Gasteiger partial charge on any atom is -0.384 e. The van der Waals surface area contributed by atoms with E-state index in [2.05, 4.69) is 4.98 Å². The standard InChI is InChI=1S/C18H20N2O3/c1-13-14(16-8-3-4-9-19-16)6-5-7-15(13)17(21)20-10-18(22,11-20)12-23-2/h3-9,22H,10-12H2,1-2H3. The molecule has 1 N–H and O–H groups in total. The summed E-state index contributed by atoms with van der Waals surface area (Å²) >= 11 is 0. The number of hydrogen-bond acceptors (Lipinski definition) is 4. The summed E-state index contributed by atoms with van der Waals surface area (Å²) in [5, 5.41) is 10.1.